The fraction of sp³-hybridized carbons (Fsp3) is 0.133. The van der Waals surface area contributed by atoms with Crippen LogP contribution in [0.3, 0.4) is 0 Å². The van der Waals surface area contributed by atoms with Crippen molar-refractivity contribution < 1.29 is 9.50 Å². The SMILES string of the molecule is OC(Cn1nnc(-c2ccc(F)cc2)n1)c1ccccc1. The topological polar surface area (TPSA) is 63.8 Å². The lowest BCUT2D eigenvalue weighted by atomic mass is 10.1. The van der Waals surface area contributed by atoms with Gasteiger partial charge in [0, 0.05) is 5.56 Å². The van der Waals surface area contributed by atoms with Crippen LogP contribution in [-0.4, -0.2) is 25.3 Å². The largest absolute Gasteiger partial charge is 0.386 e. The van der Waals surface area contributed by atoms with E-state index in [2.05, 4.69) is 15.4 Å². The molecule has 1 aromatic heterocycles. The number of aliphatic hydroxyl groups excluding tert-OH is 1. The Hall–Kier alpha value is -2.60. The lowest BCUT2D eigenvalue weighted by molar-refractivity contribution is 0.144. The zero-order chi connectivity index (χ0) is 14.7. The first-order chi connectivity index (χ1) is 10.2. The molecule has 0 bridgehead atoms. The molecule has 1 atom stereocenters. The van der Waals surface area contributed by atoms with Gasteiger partial charge in [-0.15, -0.1) is 10.2 Å². The summed E-state index contributed by atoms with van der Waals surface area (Å²) in [6, 6.07) is 15.1. The van der Waals surface area contributed by atoms with E-state index in [1.165, 1.54) is 16.9 Å². The van der Waals surface area contributed by atoms with Gasteiger partial charge in [-0.1, -0.05) is 30.3 Å². The summed E-state index contributed by atoms with van der Waals surface area (Å²) >= 11 is 0. The first-order valence-corrected chi connectivity index (χ1v) is 6.49. The first kappa shape index (κ1) is 13.4. The maximum Gasteiger partial charge on any atom is 0.204 e. The van der Waals surface area contributed by atoms with Gasteiger partial charge in [0.15, 0.2) is 0 Å². The van der Waals surface area contributed by atoms with Crippen LogP contribution in [0.1, 0.15) is 11.7 Å². The zero-order valence-electron chi connectivity index (χ0n) is 11.1. The van der Waals surface area contributed by atoms with Gasteiger partial charge in [0.1, 0.15) is 11.9 Å². The van der Waals surface area contributed by atoms with Gasteiger partial charge < -0.3 is 5.11 Å². The van der Waals surface area contributed by atoms with Crippen LogP contribution in [0.5, 0.6) is 0 Å². The van der Waals surface area contributed by atoms with Gasteiger partial charge in [0.25, 0.3) is 0 Å². The van der Waals surface area contributed by atoms with Crippen LogP contribution in [0.4, 0.5) is 4.39 Å². The van der Waals surface area contributed by atoms with Gasteiger partial charge in [-0.3, -0.25) is 0 Å². The number of aromatic nitrogens is 4. The summed E-state index contributed by atoms with van der Waals surface area (Å²) in [6.07, 6.45) is -0.707. The molecule has 106 valence electrons. The summed E-state index contributed by atoms with van der Waals surface area (Å²) < 4.78 is 12.9. The number of tetrazole rings is 1. The molecule has 0 amide bonds. The second kappa shape index (κ2) is 5.80. The summed E-state index contributed by atoms with van der Waals surface area (Å²) in [5.74, 6) is 0.0842. The summed E-state index contributed by atoms with van der Waals surface area (Å²) in [6.45, 7) is 0.207. The quantitative estimate of drug-likeness (QED) is 0.798. The molecule has 0 aliphatic carbocycles. The molecule has 3 aromatic rings. The summed E-state index contributed by atoms with van der Waals surface area (Å²) in [5.41, 5.74) is 1.47. The number of benzene rings is 2. The number of hydrogen-bond donors (Lipinski definition) is 1. The van der Waals surface area contributed by atoms with E-state index in [1.54, 1.807) is 12.1 Å². The van der Waals surface area contributed by atoms with Crippen molar-refractivity contribution >= 4 is 0 Å². The van der Waals surface area contributed by atoms with Crippen molar-refractivity contribution in [1.82, 2.24) is 20.2 Å². The highest BCUT2D eigenvalue weighted by atomic mass is 19.1. The Bertz CT molecular complexity index is 712. The average molecular weight is 284 g/mol. The van der Waals surface area contributed by atoms with E-state index in [-0.39, 0.29) is 12.4 Å². The molecule has 0 fully saturated rings. The standard InChI is InChI=1S/C15H13FN4O/c16-13-8-6-12(7-9-13)15-17-19-20(18-15)10-14(21)11-4-2-1-3-5-11/h1-9,14,21H,10H2. The van der Waals surface area contributed by atoms with E-state index < -0.39 is 6.10 Å². The molecule has 1 heterocycles. The second-order valence-electron chi connectivity index (χ2n) is 4.60. The molecule has 5 nitrogen and oxygen atoms in total. The normalized spacial score (nSPS) is 12.3. The first-order valence-electron chi connectivity index (χ1n) is 6.49. The smallest absolute Gasteiger partial charge is 0.204 e. The Morgan fingerprint density at radius 3 is 2.48 bits per heavy atom. The van der Waals surface area contributed by atoms with Gasteiger partial charge in [-0.25, -0.2) is 4.39 Å². The molecular weight excluding hydrogens is 271 g/mol. The van der Waals surface area contributed by atoms with Crippen molar-refractivity contribution in [2.75, 3.05) is 0 Å². The Balaban J connectivity index is 1.75. The van der Waals surface area contributed by atoms with Gasteiger partial charge in [0.2, 0.25) is 5.82 Å². The fourth-order valence-electron chi connectivity index (χ4n) is 1.97. The summed E-state index contributed by atoms with van der Waals surface area (Å²) in [5, 5.41) is 22.1. The lowest BCUT2D eigenvalue weighted by Crippen LogP contribution is -2.11. The molecule has 0 saturated carbocycles. The molecule has 0 aliphatic heterocycles. The molecule has 0 aliphatic rings. The summed E-state index contributed by atoms with van der Waals surface area (Å²) in [4.78, 5) is 1.33. The Labute approximate surface area is 120 Å². The zero-order valence-corrected chi connectivity index (χ0v) is 11.1. The number of hydrogen-bond acceptors (Lipinski definition) is 4. The third-order valence-corrected chi connectivity index (χ3v) is 3.08. The van der Waals surface area contributed by atoms with E-state index in [0.717, 1.165) is 5.56 Å². The van der Waals surface area contributed by atoms with E-state index in [4.69, 9.17) is 0 Å². The molecule has 0 radical (unpaired) electrons. The van der Waals surface area contributed by atoms with Gasteiger partial charge in [-0.2, -0.15) is 4.80 Å². The number of halogens is 1. The number of rotatable bonds is 4. The molecule has 6 heteroatoms. The highest BCUT2D eigenvalue weighted by Crippen LogP contribution is 2.16. The number of aliphatic hydroxyl groups is 1. The minimum atomic E-state index is -0.707. The van der Waals surface area contributed by atoms with Crippen LogP contribution in [-0.2, 0) is 6.54 Å². The summed E-state index contributed by atoms with van der Waals surface area (Å²) in [7, 11) is 0. The van der Waals surface area contributed by atoms with E-state index >= 15 is 0 Å². The molecular formula is C15H13FN4O. The maximum absolute atomic E-state index is 12.9. The van der Waals surface area contributed by atoms with Crippen LogP contribution in [0, 0.1) is 5.82 Å². The molecule has 0 saturated heterocycles. The highest BCUT2D eigenvalue weighted by molar-refractivity contribution is 5.53. The van der Waals surface area contributed by atoms with E-state index in [0.29, 0.717) is 11.4 Å². The van der Waals surface area contributed by atoms with Crippen molar-refractivity contribution in [3.05, 3.63) is 66.0 Å². The maximum atomic E-state index is 12.9. The predicted molar refractivity (Wildman–Crippen MR) is 74.6 cm³/mol. The van der Waals surface area contributed by atoms with Crippen molar-refractivity contribution in [3.8, 4) is 11.4 Å². The highest BCUT2D eigenvalue weighted by Gasteiger charge is 2.11. The molecule has 1 N–H and O–H groups in total. The minimum absolute atomic E-state index is 0.207. The monoisotopic (exact) mass is 284 g/mol. The van der Waals surface area contributed by atoms with Crippen LogP contribution in [0.25, 0.3) is 11.4 Å². The van der Waals surface area contributed by atoms with Crippen LogP contribution < -0.4 is 0 Å². The van der Waals surface area contributed by atoms with Crippen molar-refractivity contribution in [1.29, 1.82) is 0 Å². The Morgan fingerprint density at radius 1 is 1.05 bits per heavy atom. The van der Waals surface area contributed by atoms with Gasteiger partial charge in [0.05, 0.1) is 6.54 Å². The van der Waals surface area contributed by atoms with Crippen molar-refractivity contribution in [2.45, 2.75) is 12.6 Å². The van der Waals surface area contributed by atoms with Gasteiger partial charge >= 0.3 is 0 Å². The van der Waals surface area contributed by atoms with E-state index in [9.17, 15) is 9.50 Å². The van der Waals surface area contributed by atoms with Crippen LogP contribution in [0.2, 0.25) is 0 Å². The molecule has 0 spiro atoms. The Kier molecular flexibility index (Phi) is 3.70. The number of nitrogens with zero attached hydrogens (tertiary/aromatic N) is 4. The predicted octanol–water partition coefficient (Wildman–Crippen LogP) is 2.21. The lowest BCUT2D eigenvalue weighted by Gasteiger charge is -2.08. The molecule has 21 heavy (non-hydrogen) atoms. The van der Waals surface area contributed by atoms with Crippen molar-refractivity contribution in [2.24, 2.45) is 0 Å². The molecule has 2 aromatic carbocycles. The van der Waals surface area contributed by atoms with Gasteiger partial charge in [-0.05, 0) is 35.0 Å². The van der Waals surface area contributed by atoms with Crippen LogP contribution >= 0.6 is 0 Å². The fourth-order valence-corrected chi connectivity index (χ4v) is 1.97. The second-order valence-corrected chi connectivity index (χ2v) is 4.60. The molecule has 1 unspecified atom stereocenters. The van der Waals surface area contributed by atoms with Crippen molar-refractivity contribution in [3.63, 3.8) is 0 Å². The third-order valence-electron chi connectivity index (χ3n) is 3.08. The Morgan fingerprint density at radius 2 is 1.76 bits per heavy atom. The van der Waals surface area contributed by atoms with E-state index in [1.807, 2.05) is 30.3 Å². The minimum Gasteiger partial charge on any atom is -0.386 e. The molecule has 3 rings (SSSR count). The third kappa shape index (κ3) is 3.11. The van der Waals surface area contributed by atoms with Crippen LogP contribution in [0.15, 0.2) is 54.6 Å². The average Bonchev–Trinajstić information content (AvgIpc) is 2.97.